The molecule has 1 fully saturated rings. The van der Waals surface area contributed by atoms with Crippen LogP contribution >= 0.6 is 0 Å². The first kappa shape index (κ1) is 22.8. The summed E-state index contributed by atoms with van der Waals surface area (Å²) in [7, 11) is 1.78. The Balaban J connectivity index is 1.29. The first-order valence-corrected chi connectivity index (χ1v) is 12.1. The monoisotopic (exact) mass is 497 g/mol. The lowest BCUT2D eigenvalue weighted by Gasteiger charge is -2.13. The number of amides is 2. The van der Waals surface area contributed by atoms with Crippen LogP contribution in [0, 0.1) is 11.7 Å². The fraction of sp³-hybridized carbons (Fsp3) is 0.222. The molecule has 9 nitrogen and oxygen atoms in total. The van der Waals surface area contributed by atoms with E-state index >= 15 is 0 Å². The van der Waals surface area contributed by atoms with Gasteiger partial charge in [-0.1, -0.05) is 18.2 Å². The van der Waals surface area contributed by atoms with Gasteiger partial charge in [-0.25, -0.2) is 13.9 Å². The number of halogens is 1. The lowest BCUT2D eigenvalue weighted by molar-refractivity contribution is -0.117. The van der Waals surface area contributed by atoms with Gasteiger partial charge < -0.3 is 10.6 Å². The molecule has 10 heteroatoms. The minimum absolute atomic E-state index is 0.0109. The average molecular weight is 498 g/mol. The predicted molar refractivity (Wildman–Crippen MR) is 136 cm³/mol. The molecule has 5 aromatic rings. The van der Waals surface area contributed by atoms with E-state index in [0.29, 0.717) is 28.1 Å². The van der Waals surface area contributed by atoms with Crippen molar-refractivity contribution >= 4 is 34.2 Å². The minimum atomic E-state index is -0.399. The number of aryl methyl sites for hydroxylation is 1. The Morgan fingerprint density at radius 2 is 1.92 bits per heavy atom. The van der Waals surface area contributed by atoms with Crippen LogP contribution in [0.5, 0.6) is 0 Å². The fourth-order valence-electron chi connectivity index (χ4n) is 4.39. The number of hydrogen-bond donors (Lipinski definition) is 2. The SMILES string of the molecule is C[C@H](NC(=O)c1nn(C)c2ccc(-c3ccn4nc(NC(=O)C5CC5)cc4n3)cc12)c1cccc(F)c1. The number of aromatic nitrogens is 5. The van der Waals surface area contributed by atoms with Crippen molar-refractivity contribution in [2.24, 2.45) is 13.0 Å². The Morgan fingerprint density at radius 3 is 2.70 bits per heavy atom. The number of nitrogens with one attached hydrogen (secondary N) is 2. The van der Waals surface area contributed by atoms with Crippen LogP contribution in [0.1, 0.15) is 41.9 Å². The molecule has 0 radical (unpaired) electrons. The molecule has 0 unspecified atom stereocenters. The minimum Gasteiger partial charge on any atom is -0.344 e. The molecule has 1 aliphatic carbocycles. The molecule has 37 heavy (non-hydrogen) atoms. The van der Waals surface area contributed by atoms with Gasteiger partial charge in [0.2, 0.25) is 5.91 Å². The summed E-state index contributed by atoms with van der Waals surface area (Å²) >= 11 is 0. The molecule has 1 saturated carbocycles. The molecular formula is C27H24FN7O2. The van der Waals surface area contributed by atoms with Crippen molar-refractivity contribution in [2.75, 3.05) is 5.32 Å². The zero-order valence-electron chi connectivity index (χ0n) is 20.3. The van der Waals surface area contributed by atoms with Crippen molar-refractivity contribution in [3.63, 3.8) is 0 Å². The summed E-state index contributed by atoms with van der Waals surface area (Å²) in [5, 5.41) is 15.3. The normalized spacial score (nSPS) is 14.1. The van der Waals surface area contributed by atoms with Gasteiger partial charge in [0.15, 0.2) is 17.2 Å². The van der Waals surface area contributed by atoms with E-state index in [1.54, 1.807) is 47.6 Å². The number of nitrogens with zero attached hydrogens (tertiary/aromatic N) is 5. The van der Waals surface area contributed by atoms with Crippen molar-refractivity contribution < 1.29 is 14.0 Å². The van der Waals surface area contributed by atoms with E-state index in [1.165, 1.54) is 12.1 Å². The number of carbonyl (C=O) groups excluding carboxylic acids is 2. The van der Waals surface area contributed by atoms with E-state index < -0.39 is 6.04 Å². The van der Waals surface area contributed by atoms with Crippen LogP contribution in [-0.4, -0.2) is 36.2 Å². The molecular weight excluding hydrogens is 473 g/mol. The topological polar surface area (TPSA) is 106 Å². The maximum atomic E-state index is 13.6. The summed E-state index contributed by atoms with van der Waals surface area (Å²) in [6.07, 6.45) is 3.62. The number of anilines is 1. The number of benzene rings is 2. The summed E-state index contributed by atoms with van der Waals surface area (Å²) < 4.78 is 16.9. The highest BCUT2D eigenvalue weighted by atomic mass is 19.1. The first-order valence-electron chi connectivity index (χ1n) is 12.1. The third-order valence-electron chi connectivity index (χ3n) is 6.58. The van der Waals surface area contributed by atoms with E-state index in [-0.39, 0.29) is 29.2 Å². The predicted octanol–water partition coefficient (Wildman–Crippen LogP) is 4.26. The molecule has 0 bridgehead atoms. The third-order valence-corrected chi connectivity index (χ3v) is 6.58. The van der Waals surface area contributed by atoms with Crippen LogP contribution in [0.4, 0.5) is 10.2 Å². The maximum absolute atomic E-state index is 13.6. The van der Waals surface area contributed by atoms with E-state index in [9.17, 15) is 14.0 Å². The standard InChI is InChI=1S/C27H24FN7O2/c1-15(17-4-3-5-19(28)12-17)29-27(37)25-20-13-18(8-9-22(20)34(2)33-25)21-10-11-35-24(30-21)14-23(32-35)31-26(36)16-6-7-16/h3-5,8-16H,6-7H2,1-2H3,(H,29,37)(H,31,32,36)/t15-/m0/s1. The van der Waals surface area contributed by atoms with Crippen LogP contribution in [0.3, 0.4) is 0 Å². The summed E-state index contributed by atoms with van der Waals surface area (Å²) in [5.41, 5.74) is 3.83. The largest absolute Gasteiger partial charge is 0.344 e. The van der Waals surface area contributed by atoms with E-state index in [1.807, 2.05) is 24.3 Å². The molecule has 1 aliphatic rings. The zero-order valence-corrected chi connectivity index (χ0v) is 20.3. The zero-order chi connectivity index (χ0) is 25.7. The molecule has 0 aliphatic heterocycles. The molecule has 186 valence electrons. The van der Waals surface area contributed by atoms with E-state index in [2.05, 4.69) is 20.8 Å². The summed E-state index contributed by atoms with van der Waals surface area (Å²) in [6, 6.07) is 15.0. The van der Waals surface area contributed by atoms with Gasteiger partial charge in [-0.15, -0.1) is 5.10 Å². The van der Waals surface area contributed by atoms with Crippen LogP contribution in [0.15, 0.2) is 60.8 Å². The van der Waals surface area contributed by atoms with Gasteiger partial charge in [0.05, 0.1) is 17.3 Å². The second kappa shape index (κ2) is 8.81. The van der Waals surface area contributed by atoms with Crippen molar-refractivity contribution in [1.82, 2.24) is 29.7 Å². The second-order valence-electron chi connectivity index (χ2n) is 9.36. The Morgan fingerprint density at radius 1 is 1.08 bits per heavy atom. The van der Waals surface area contributed by atoms with Gasteiger partial charge in [0.25, 0.3) is 5.91 Å². The van der Waals surface area contributed by atoms with Crippen molar-refractivity contribution in [1.29, 1.82) is 0 Å². The summed E-state index contributed by atoms with van der Waals surface area (Å²) in [5.74, 6) is -0.164. The van der Waals surface area contributed by atoms with Crippen molar-refractivity contribution in [3.8, 4) is 11.3 Å². The van der Waals surface area contributed by atoms with Gasteiger partial charge in [-0.2, -0.15) is 5.10 Å². The highest BCUT2D eigenvalue weighted by Gasteiger charge is 2.30. The second-order valence-corrected chi connectivity index (χ2v) is 9.36. The summed E-state index contributed by atoms with van der Waals surface area (Å²) in [6.45, 7) is 1.80. The number of fused-ring (bicyclic) bond motifs is 2. The average Bonchev–Trinajstić information content (AvgIpc) is 3.59. The van der Waals surface area contributed by atoms with Gasteiger partial charge in [-0.3, -0.25) is 14.3 Å². The van der Waals surface area contributed by atoms with Crippen molar-refractivity contribution in [2.45, 2.75) is 25.8 Å². The Hall–Kier alpha value is -4.60. The molecule has 3 heterocycles. The van der Waals surface area contributed by atoms with Gasteiger partial charge >= 0.3 is 0 Å². The van der Waals surface area contributed by atoms with Crippen molar-refractivity contribution in [3.05, 3.63) is 77.9 Å². The highest BCUT2D eigenvalue weighted by molar-refractivity contribution is 6.06. The highest BCUT2D eigenvalue weighted by Crippen LogP contribution is 2.30. The fourth-order valence-corrected chi connectivity index (χ4v) is 4.39. The number of carbonyl (C=O) groups is 2. The Labute approximate surface area is 211 Å². The van der Waals surface area contributed by atoms with Gasteiger partial charge in [-0.05, 0) is 55.7 Å². The number of hydrogen-bond acceptors (Lipinski definition) is 5. The van der Waals surface area contributed by atoms with E-state index in [0.717, 1.165) is 23.9 Å². The smallest absolute Gasteiger partial charge is 0.272 e. The molecule has 6 rings (SSSR count). The molecule has 1 atom stereocenters. The lowest BCUT2D eigenvalue weighted by atomic mass is 10.1. The first-order chi connectivity index (χ1) is 17.9. The van der Waals surface area contributed by atoms with Gasteiger partial charge in [0, 0.05) is 36.2 Å². The van der Waals surface area contributed by atoms with Crippen LogP contribution in [0.25, 0.3) is 27.8 Å². The number of rotatable bonds is 6. The molecule has 3 aromatic heterocycles. The Kier molecular flexibility index (Phi) is 5.44. The van der Waals surface area contributed by atoms with Crippen LogP contribution in [-0.2, 0) is 11.8 Å². The Bertz CT molecular complexity index is 1690. The quantitative estimate of drug-likeness (QED) is 0.365. The lowest BCUT2D eigenvalue weighted by Crippen LogP contribution is -2.27. The summed E-state index contributed by atoms with van der Waals surface area (Å²) in [4.78, 5) is 29.9. The van der Waals surface area contributed by atoms with Crippen LogP contribution < -0.4 is 10.6 Å². The molecule has 0 spiro atoms. The maximum Gasteiger partial charge on any atom is 0.272 e. The third kappa shape index (κ3) is 4.42. The molecule has 0 saturated heterocycles. The molecule has 2 N–H and O–H groups in total. The van der Waals surface area contributed by atoms with Crippen LogP contribution in [0.2, 0.25) is 0 Å². The van der Waals surface area contributed by atoms with Gasteiger partial charge in [0.1, 0.15) is 5.82 Å². The van der Waals surface area contributed by atoms with E-state index in [4.69, 9.17) is 4.98 Å². The molecule has 2 amide bonds. The molecule has 2 aromatic carbocycles.